The highest BCUT2D eigenvalue weighted by atomic mass is 35.5. The number of benzene rings is 1. The Morgan fingerprint density at radius 3 is 2.67 bits per heavy atom. The first-order chi connectivity index (χ1) is 10.0. The van der Waals surface area contributed by atoms with Gasteiger partial charge in [0.2, 0.25) is 0 Å². The summed E-state index contributed by atoms with van der Waals surface area (Å²) in [7, 11) is 0. The average Bonchev–Trinajstić information content (AvgIpc) is 3.05. The SMILES string of the molecule is C[C@H](NC(=O)Nc1ccc(Cl)c(Cl)c1)[C@H]1C[C@@H]2CC[C@H]1C2. The number of hydrogen-bond donors (Lipinski definition) is 2. The van der Waals surface area contributed by atoms with Crippen LogP contribution in [-0.2, 0) is 0 Å². The Hall–Kier alpha value is -0.930. The summed E-state index contributed by atoms with van der Waals surface area (Å²) in [6.07, 6.45) is 5.32. The van der Waals surface area contributed by atoms with E-state index < -0.39 is 0 Å². The van der Waals surface area contributed by atoms with Crippen LogP contribution in [0.25, 0.3) is 0 Å². The fourth-order valence-electron chi connectivity index (χ4n) is 3.96. The topological polar surface area (TPSA) is 41.1 Å². The molecule has 0 spiro atoms. The van der Waals surface area contributed by atoms with Gasteiger partial charge in [0.15, 0.2) is 0 Å². The highest BCUT2D eigenvalue weighted by Crippen LogP contribution is 2.49. The van der Waals surface area contributed by atoms with Crippen LogP contribution in [0.1, 0.15) is 32.6 Å². The van der Waals surface area contributed by atoms with Gasteiger partial charge in [0.1, 0.15) is 0 Å². The van der Waals surface area contributed by atoms with Gasteiger partial charge in [-0.2, -0.15) is 0 Å². The van der Waals surface area contributed by atoms with E-state index in [1.54, 1.807) is 18.2 Å². The predicted molar refractivity (Wildman–Crippen MR) is 87.0 cm³/mol. The van der Waals surface area contributed by atoms with Crippen molar-refractivity contribution in [3.63, 3.8) is 0 Å². The molecule has 5 heteroatoms. The van der Waals surface area contributed by atoms with Crippen molar-refractivity contribution in [2.75, 3.05) is 5.32 Å². The second kappa shape index (κ2) is 6.05. The largest absolute Gasteiger partial charge is 0.335 e. The summed E-state index contributed by atoms with van der Waals surface area (Å²) in [6.45, 7) is 2.11. The van der Waals surface area contributed by atoms with Crippen LogP contribution in [0.2, 0.25) is 10.0 Å². The maximum atomic E-state index is 12.1. The first kappa shape index (κ1) is 15.0. The molecule has 0 unspecified atom stereocenters. The van der Waals surface area contributed by atoms with Crippen molar-refractivity contribution in [3.05, 3.63) is 28.2 Å². The molecule has 1 aromatic carbocycles. The minimum Gasteiger partial charge on any atom is -0.335 e. The lowest BCUT2D eigenvalue weighted by Gasteiger charge is -2.28. The number of fused-ring (bicyclic) bond motifs is 2. The molecule has 114 valence electrons. The van der Waals surface area contributed by atoms with Crippen LogP contribution in [0.5, 0.6) is 0 Å². The van der Waals surface area contributed by atoms with E-state index in [2.05, 4.69) is 17.6 Å². The van der Waals surface area contributed by atoms with Gasteiger partial charge in [-0.3, -0.25) is 0 Å². The Labute approximate surface area is 135 Å². The molecule has 3 nitrogen and oxygen atoms in total. The first-order valence-electron chi connectivity index (χ1n) is 7.55. The third kappa shape index (κ3) is 3.29. The summed E-state index contributed by atoms with van der Waals surface area (Å²) in [5.74, 6) is 2.32. The monoisotopic (exact) mass is 326 g/mol. The van der Waals surface area contributed by atoms with Crippen LogP contribution in [0.4, 0.5) is 10.5 Å². The number of hydrogen-bond acceptors (Lipinski definition) is 1. The molecular weight excluding hydrogens is 307 g/mol. The number of anilines is 1. The molecule has 0 aliphatic heterocycles. The van der Waals surface area contributed by atoms with Gasteiger partial charge in [0.25, 0.3) is 0 Å². The van der Waals surface area contributed by atoms with Gasteiger partial charge in [-0.15, -0.1) is 0 Å². The fraction of sp³-hybridized carbons (Fsp3) is 0.562. The Kier molecular flexibility index (Phi) is 4.32. The highest BCUT2D eigenvalue weighted by Gasteiger charge is 2.42. The lowest BCUT2D eigenvalue weighted by Crippen LogP contribution is -2.42. The van der Waals surface area contributed by atoms with Crippen LogP contribution in [-0.4, -0.2) is 12.1 Å². The molecule has 2 aliphatic rings. The van der Waals surface area contributed by atoms with E-state index in [1.807, 2.05) is 0 Å². The summed E-state index contributed by atoms with van der Waals surface area (Å²) in [5, 5.41) is 6.80. The van der Waals surface area contributed by atoms with Gasteiger partial charge < -0.3 is 10.6 Å². The third-order valence-corrected chi connectivity index (χ3v) is 5.71. The second-order valence-corrected chi connectivity index (χ2v) is 7.17. The highest BCUT2D eigenvalue weighted by molar-refractivity contribution is 6.42. The van der Waals surface area contributed by atoms with Crippen LogP contribution < -0.4 is 10.6 Å². The Bertz CT molecular complexity index is 549. The summed E-state index contributed by atoms with van der Waals surface area (Å²) in [5.41, 5.74) is 0.655. The number of carbonyl (C=O) groups excluding carboxylic acids is 1. The zero-order valence-electron chi connectivity index (χ0n) is 12.0. The van der Waals surface area contributed by atoms with Gasteiger partial charge in [-0.1, -0.05) is 29.6 Å². The van der Waals surface area contributed by atoms with E-state index in [1.165, 1.54) is 25.7 Å². The third-order valence-electron chi connectivity index (χ3n) is 4.97. The van der Waals surface area contributed by atoms with E-state index in [0.29, 0.717) is 21.7 Å². The standard InChI is InChI=1S/C16H20Cl2N2O/c1-9(13-7-10-2-3-11(13)6-10)19-16(21)20-12-4-5-14(17)15(18)8-12/h4-5,8-11,13H,2-3,6-7H2,1H3,(H2,19,20,21)/t9-,10+,11-,13+/m0/s1. The lowest BCUT2D eigenvalue weighted by atomic mass is 9.84. The van der Waals surface area contributed by atoms with Gasteiger partial charge in [0, 0.05) is 11.7 Å². The smallest absolute Gasteiger partial charge is 0.319 e. The van der Waals surface area contributed by atoms with Crippen molar-refractivity contribution in [1.29, 1.82) is 0 Å². The normalized spacial score (nSPS) is 28.4. The molecule has 0 aromatic heterocycles. The van der Waals surface area contributed by atoms with Crippen molar-refractivity contribution in [3.8, 4) is 0 Å². The summed E-state index contributed by atoms with van der Waals surface area (Å²) >= 11 is 11.8. The van der Waals surface area contributed by atoms with Gasteiger partial charge in [0.05, 0.1) is 10.0 Å². The molecule has 2 fully saturated rings. The van der Waals surface area contributed by atoms with Gasteiger partial charge in [-0.05, 0) is 62.1 Å². The zero-order chi connectivity index (χ0) is 15.0. The molecule has 2 N–H and O–H groups in total. The molecule has 3 rings (SSSR count). The molecule has 2 saturated carbocycles. The maximum absolute atomic E-state index is 12.1. The molecular formula is C16H20Cl2N2O. The Balaban J connectivity index is 1.55. The van der Waals surface area contributed by atoms with Crippen LogP contribution in [0, 0.1) is 17.8 Å². The molecule has 21 heavy (non-hydrogen) atoms. The molecule has 0 heterocycles. The van der Waals surface area contributed by atoms with Crippen molar-refractivity contribution in [1.82, 2.24) is 5.32 Å². The quantitative estimate of drug-likeness (QED) is 0.811. The molecule has 2 amide bonds. The molecule has 2 aliphatic carbocycles. The Morgan fingerprint density at radius 1 is 1.24 bits per heavy atom. The van der Waals surface area contributed by atoms with E-state index in [9.17, 15) is 4.79 Å². The number of halogens is 2. The van der Waals surface area contributed by atoms with Crippen LogP contribution >= 0.6 is 23.2 Å². The molecule has 2 bridgehead atoms. The minimum atomic E-state index is -0.177. The number of carbonyl (C=O) groups is 1. The zero-order valence-corrected chi connectivity index (χ0v) is 13.5. The molecule has 1 aromatic rings. The van der Waals surface area contributed by atoms with Crippen LogP contribution in [0.3, 0.4) is 0 Å². The van der Waals surface area contributed by atoms with Crippen molar-refractivity contribution < 1.29 is 4.79 Å². The summed E-state index contributed by atoms with van der Waals surface area (Å²) in [6, 6.07) is 5.12. The lowest BCUT2D eigenvalue weighted by molar-refractivity contribution is 0.230. The summed E-state index contributed by atoms with van der Waals surface area (Å²) in [4.78, 5) is 12.1. The number of nitrogens with one attached hydrogen (secondary N) is 2. The van der Waals surface area contributed by atoms with Crippen molar-refractivity contribution in [2.45, 2.75) is 38.6 Å². The van der Waals surface area contributed by atoms with Crippen molar-refractivity contribution in [2.24, 2.45) is 17.8 Å². The number of amides is 2. The van der Waals surface area contributed by atoms with E-state index in [4.69, 9.17) is 23.2 Å². The number of urea groups is 1. The van der Waals surface area contributed by atoms with E-state index >= 15 is 0 Å². The molecule has 4 atom stereocenters. The second-order valence-electron chi connectivity index (χ2n) is 6.35. The van der Waals surface area contributed by atoms with Crippen molar-refractivity contribution >= 4 is 34.9 Å². The molecule has 0 saturated heterocycles. The maximum Gasteiger partial charge on any atom is 0.319 e. The minimum absolute atomic E-state index is 0.177. The predicted octanol–water partition coefficient (Wildman–Crippen LogP) is 4.94. The Morgan fingerprint density at radius 2 is 2.05 bits per heavy atom. The van der Waals surface area contributed by atoms with Crippen LogP contribution in [0.15, 0.2) is 18.2 Å². The van der Waals surface area contributed by atoms with Gasteiger partial charge >= 0.3 is 6.03 Å². The summed E-state index contributed by atoms with van der Waals surface area (Å²) < 4.78 is 0. The first-order valence-corrected chi connectivity index (χ1v) is 8.31. The average molecular weight is 327 g/mol. The fourth-order valence-corrected chi connectivity index (χ4v) is 4.26. The van der Waals surface area contributed by atoms with E-state index in [0.717, 1.165) is 11.8 Å². The number of rotatable bonds is 3. The van der Waals surface area contributed by atoms with E-state index in [-0.39, 0.29) is 12.1 Å². The molecule has 0 radical (unpaired) electrons. The van der Waals surface area contributed by atoms with Gasteiger partial charge in [-0.25, -0.2) is 4.79 Å².